The van der Waals surface area contributed by atoms with Gasteiger partial charge in [-0.1, -0.05) is 12.1 Å². The van der Waals surface area contributed by atoms with Crippen LogP contribution in [-0.2, 0) is 10.3 Å². The Kier molecular flexibility index (Phi) is 5.85. The highest BCUT2D eigenvalue weighted by Crippen LogP contribution is 2.40. The molecule has 0 aliphatic carbocycles. The second kappa shape index (κ2) is 7.88. The molecule has 0 amide bonds. The Balaban J connectivity index is 1.83. The summed E-state index contributed by atoms with van der Waals surface area (Å²) >= 11 is 1.97. The zero-order valence-corrected chi connectivity index (χ0v) is 14.7. The first-order valence-corrected chi connectivity index (χ1v) is 9.62. The van der Waals surface area contributed by atoms with Gasteiger partial charge in [-0.3, -0.25) is 4.90 Å². The topological polar surface area (TPSA) is 41.9 Å². The van der Waals surface area contributed by atoms with Gasteiger partial charge in [0.1, 0.15) is 5.75 Å². The minimum atomic E-state index is -0.768. The summed E-state index contributed by atoms with van der Waals surface area (Å²) in [7, 11) is 1.68. The van der Waals surface area contributed by atoms with Gasteiger partial charge in [0, 0.05) is 31.3 Å². The lowest BCUT2D eigenvalue weighted by atomic mass is 9.78. The van der Waals surface area contributed by atoms with Gasteiger partial charge in [0.2, 0.25) is 0 Å². The van der Waals surface area contributed by atoms with Gasteiger partial charge in [0.05, 0.1) is 25.9 Å². The van der Waals surface area contributed by atoms with Crippen LogP contribution in [0.1, 0.15) is 18.4 Å². The van der Waals surface area contributed by atoms with Gasteiger partial charge >= 0.3 is 0 Å². The van der Waals surface area contributed by atoms with E-state index in [1.807, 2.05) is 36.0 Å². The molecule has 2 unspecified atom stereocenters. The number of methoxy groups -OCH3 is 1. The number of morpholine rings is 1. The number of hydrogen-bond acceptors (Lipinski definition) is 5. The van der Waals surface area contributed by atoms with Gasteiger partial charge in [-0.2, -0.15) is 11.8 Å². The standard InChI is InChI=1S/C18H27NO3S/c1-21-17-5-2-4-15(12-17)18(20)6-3-11-23-14-16(18)13-19-7-9-22-10-8-19/h2,4-5,12,16,20H,3,6-11,13-14H2,1H3. The third-order valence-electron chi connectivity index (χ3n) is 4.99. The summed E-state index contributed by atoms with van der Waals surface area (Å²) in [4.78, 5) is 2.44. The number of ether oxygens (including phenoxy) is 2. The average Bonchev–Trinajstić information content (AvgIpc) is 2.79. The molecule has 2 aliphatic heterocycles. The second-order valence-corrected chi connectivity index (χ2v) is 7.59. The largest absolute Gasteiger partial charge is 0.497 e. The van der Waals surface area contributed by atoms with Gasteiger partial charge in [0.15, 0.2) is 0 Å². The fraction of sp³-hybridized carbons (Fsp3) is 0.667. The van der Waals surface area contributed by atoms with Crippen LogP contribution in [0, 0.1) is 5.92 Å². The van der Waals surface area contributed by atoms with E-state index in [1.165, 1.54) is 0 Å². The van der Waals surface area contributed by atoms with Crippen LogP contribution in [0.4, 0.5) is 0 Å². The van der Waals surface area contributed by atoms with Crippen LogP contribution >= 0.6 is 11.8 Å². The normalized spacial score (nSPS) is 29.9. The zero-order chi connectivity index (χ0) is 16.1. The molecule has 2 atom stereocenters. The minimum absolute atomic E-state index is 0.236. The summed E-state index contributed by atoms with van der Waals surface area (Å²) in [6.45, 7) is 4.48. The summed E-state index contributed by atoms with van der Waals surface area (Å²) in [6.07, 6.45) is 1.88. The number of thioether (sulfide) groups is 1. The molecule has 1 aromatic carbocycles. The molecular weight excluding hydrogens is 310 g/mol. The first kappa shape index (κ1) is 17.1. The van der Waals surface area contributed by atoms with Crippen molar-refractivity contribution in [1.82, 2.24) is 4.90 Å². The van der Waals surface area contributed by atoms with Crippen molar-refractivity contribution in [1.29, 1.82) is 0 Å². The van der Waals surface area contributed by atoms with Crippen LogP contribution in [0.15, 0.2) is 24.3 Å². The SMILES string of the molecule is COc1cccc(C2(O)CCCSCC2CN2CCOCC2)c1. The predicted molar refractivity (Wildman–Crippen MR) is 94.2 cm³/mol. The van der Waals surface area contributed by atoms with Gasteiger partial charge in [-0.15, -0.1) is 0 Å². The Morgan fingerprint density at radius 1 is 1.39 bits per heavy atom. The summed E-state index contributed by atoms with van der Waals surface area (Å²) in [5, 5.41) is 11.6. The predicted octanol–water partition coefficient (Wildman–Crippen LogP) is 2.36. The number of benzene rings is 1. The number of hydrogen-bond donors (Lipinski definition) is 1. The Labute approximate surface area is 143 Å². The summed E-state index contributed by atoms with van der Waals surface area (Å²) < 4.78 is 10.8. The minimum Gasteiger partial charge on any atom is -0.497 e. The third kappa shape index (κ3) is 4.02. The molecule has 0 radical (unpaired) electrons. The van der Waals surface area contributed by atoms with E-state index in [0.29, 0.717) is 0 Å². The quantitative estimate of drug-likeness (QED) is 0.913. The zero-order valence-electron chi connectivity index (χ0n) is 13.9. The van der Waals surface area contributed by atoms with E-state index in [4.69, 9.17) is 9.47 Å². The van der Waals surface area contributed by atoms with E-state index in [9.17, 15) is 5.11 Å². The monoisotopic (exact) mass is 337 g/mol. The highest BCUT2D eigenvalue weighted by atomic mass is 32.2. The Morgan fingerprint density at radius 3 is 3.00 bits per heavy atom. The van der Waals surface area contributed by atoms with Gasteiger partial charge in [-0.25, -0.2) is 0 Å². The van der Waals surface area contributed by atoms with Crippen molar-refractivity contribution in [2.45, 2.75) is 18.4 Å². The summed E-state index contributed by atoms with van der Waals surface area (Å²) in [5.74, 6) is 3.19. The number of rotatable bonds is 4. The molecule has 2 saturated heterocycles. The smallest absolute Gasteiger partial charge is 0.119 e. The molecule has 0 spiro atoms. The third-order valence-corrected chi connectivity index (χ3v) is 6.21. The Hall–Kier alpha value is -0.750. The van der Waals surface area contributed by atoms with E-state index in [0.717, 1.165) is 68.5 Å². The van der Waals surface area contributed by atoms with Crippen molar-refractivity contribution in [2.24, 2.45) is 5.92 Å². The van der Waals surface area contributed by atoms with Gasteiger partial charge in [0.25, 0.3) is 0 Å². The van der Waals surface area contributed by atoms with Crippen molar-refractivity contribution >= 4 is 11.8 Å². The Bertz CT molecular complexity index is 507. The van der Waals surface area contributed by atoms with E-state index >= 15 is 0 Å². The van der Waals surface area contributed by atoms with Crippen LogP contribution in [0.3, 0.4) is 0 Å². The van der Waals surface area contributed by atoms with Crippen LogP contribution in [0.2, 0.25) is 0 Å². The molecule has 3 rings (SSSR count). The molecule has 1 aromatic rings. The molecular formula is C18H27NO3S. The number of nitrogens with zero attached hydrogens (tertiary/aromatic N) is 1. The van der Waals surface area contributed by atoms with Gasteiger partial charge in [-0.05, 0) is 36.3 Å². The molecule has 0 aromatic heterocycles. The van der Waals surface area contributed by atoms with E-state index < -0.39 is 5.60 Å². The first-order chi connectivity index (χ1) is 11.2. The van der Waals surface area contributed by atoms with Crippen molar-refractivity contribution in [2.75, 3.05) is 51.5 Å². The highest BCUT2D eigenvalue weighted by Gasteiger charge is 2.40. The van der Waals surface area contributed by atoms with Crippen LogP contribution in [-0.4, -0.2) is 61.5 Å². The van der Waals surface area contributed by atoms with Crippen LogP contribution < -0.4 is 4.74 Å². The molecule has 1 N–H and O–H groups in total. The fourth-order valence-electron chi connectivity index (χ4n) is 3.58. The van der Waals surface area contributed by atoms with Gasteiger partial charge < -0.3 is 14.6 Å². The maximum atomic E-state index is 11.6. The van der Waals surface area contributed by atoms with Crippen molar-refractivity contribution in [3.8, 4) is 5.75 Å². The molecule has 2 fully saturated rings. The van der Waals surface area contributed by atoms with Crippen molar-refractivity contribution in [3.05, 3.63) is 29.8 Å². The first-order valence-electron chi connectivity index (χ1n) is 8.47. The lowest BCUT2D eigenvalue weighted by Crippen LogP contribution is -2.46. The van der Waals surface area contributed by atoms with E-state index in [1.54, 1.807) is 7.11 Å². The molecule has 128 valence electrons. The molecule has 0 bridgehead atoms. The maximum absolute atomic E-state index is 11.6. The van der Waals surface area contributed by atoms with E-state index in [2.05, 4.69) is 4.90 Å². The molecule has 5 heteroatoms. The van der Waals surface area contributed by atoms with Crippen LogP contribution in [0.5, 0.6) is 5.75 Å². The molecule has 2 heterocycles. The lowest BCUT2D eigenvalue weighted by Gasteiger charge is -2.39. The van der Waals surface area contributed by atoms with E-state index in [-0.39, 0.29) is 5.92 Å². The summed E-state index contributed by atoms with van der Waals surface area (Å²) in [6, 6.07) is 7.97. The molecule has 23 heavy (non-hydrogen) atoms. The second-order valence-electron chi connectivity index (χ2n) is 6.44. The summed E-state index contributed by atoms with van der Waals surface area (Å²) in [5.41, 5.74) is 0.230. The van der Waals surface area contributed by atoms with Crippen LogP contribution in [0.25, 0.3) is 0 Å². The fourth-order valence-corrected chi connectivity index (χ4v) is 4.76. The highest BCUT2D eigenvalue weighted by molar-refractivity contribution is 7.99. The van der Waals surface area contributed by atoms with Crippen molar-refractivity contribution in [3.63, 3.8) is 0 Å². The lowest BCUT2D eigenvalue weighted by molar-refractivity contribution is -0.0470. The maximum Gasteiger partial charge on any atom is 0.119 e. The molecule has 0 saturated carbocycles. The molecule has 2 aliphatic rings. The number of aliphatic hydroxyl groups is 1. The molecule has 4 nitrogen and oxygen atoms in total. The Morgan fingerprint density at radius 2 is 2.22 bits per heavy atom. The van der Waals surface area contributed by atoms with Crippen molar-refractivity contribution < 1.29 is 14.6 Å². The average molecular weight is 337 g/mol.